The second-order valence-electron chi connectivity index (χ2n) is 7.32. The summed E-state index contributed by atoms with van der Waals surface area (Å²) in [6.07, 6.45) is 1.40. The number of anilines is 2. The van der Waals surface area contributed by atoms with E-state index in [-0.39, 0.29) is 11.8 Å². The second kappa shape index (κ2) is 8.75. The molecule has 1 aromatic heterocycles. The first-order valence-electron chi connectivity index (χ1n) is 9.84. The van der Waals surface area contributed by atoms with Gasteiger partial charge in [-0.2, -0.15) is 4.98 Å². The molecule has 1 saturated heterocycles. The van der Waals surface area contributed by atoms with E-state index in [2.05, 4.69) is 15.5 Å². The Morgan fingerprint density at radius 1 is 1.23 bits per heavy atom. The number of hydrogen-bond donors (Lipinski definition) is 1. The first kappa shape index (κ1) is 20.2. The van der Waals surface area contributed by atoms with Crippen LogP contribution in [-0.2, 0) is 4.79 Å². The van der Waals surface area contributed by atoms with E-state index >= 15 is 0 Å². The van der Waals surface area contributed by atoms with E-state index in [4.69, 9.17) is 20.9 Å². The zero-order chi connectivity index (χ0) is 21.1. The molecule has 0 radical (unpaired) electrons. The molecule has 0 saturated carbocycles. The van der Waals surface area contributed by atoms with Crippen molar-refractivity contribution in [2.75, 3.05) is 30.4 Å². The lowest BCUT2D eigenvalue weighted by Gasteiger charge is -2.29. The Morgan fingerprint density at radius 3 is 2.67 bits per heavy atom. The fraction of sp³-hybridized carbons (Fsp3) is 0.318. The molecule has 0 spiro atoms. The van der Waals surface area contributed by atoms with Crippen molar-refractivity contribution < 1.29 is 14.1 Å². The van der Waals surface area contributed by atoms with Crippen LogP contribution in [0.2, 0.25) is 5.02 Å². The molecule has 0 aliphatic carbocycles. The third-order valence-electron chi connectivity index (χ3n) is 5.32. The van der Waals surface area contributed by atoms with Crippen LogP contribution in [0, 0.1) is 12.8 Å². The number of aryl methyl sites for hydroxylation is 1. The highest BCUT2D eigenvalue weighted by atomic mass is 35.5. The van der Waals surface area contributed by atoms with Gasteiger partial charge in [-0.25, -0.2) is 0 Å². The maximum Gasteiger partial charge on any atom is 0.324 e. The number of piperidine rings is 1. The van der Waals surface area contributed by atoms with Gasteiger partial charge in [0.25, 0.3) is 0 Å². The van der Waals surface area contributed by atoms with E-state index in [1.54, 1.807) is 13.2 Å². The lowest BCUT2D eigenvalue weighted by Crippen LogP contribution is -2.38. The fourth-order valence-electron chi connectivity index (χ4n) is 3.55. The third kappa shape index (κ3) is 4.26. The van der Waals surface area contributed by atoms with E-state index in [9.17, 15) is 4.79 Å². The highest BCUT2D eigenvalue weighted by Crippen LogP contribution is 2.32. The number of carbonyl (C=O) groups is 1. The maximum atomic E-state index is 12.8. The van der Waals surface area contributed by atoms with E-state index in [1.165, 1.54) is 0 Å². The smallest absolute Gasteiger partial charge is 0.324 e. The monoisotopic (exact) mass is 426 g/mol. The number of hydrogen-bond acceptors (Lipinski definition) is 6. The molecular weight excluding hydrogens is 404 g/mol. The van der Waals surface area contributed by atoms with Gasteiger partial charge in [-0.05, 0) is 31.4 Å². The van der Waals surface area contributed by atoms with Gasteiger partial charge in [0.05, 0.1) is 12.8 Å². The number of ether oxygens (including phenoxy) is 1. The molecule has 3 aromatic rings. The Kier molecular flexibility index (Phi) is 5.90. The predicted molar refractivity (Wildman–Crippen MR) is 116 cm³/mol. The van der Waals surface area contributed by atoms with E-state index in [1.807, 2.05) is 48.2 Å². The quantitative estimate of drug-likeness (QED) is 0.644. The van der Waals surface area contributed by atoms with Crippen LogP contribution in [0.15, 0.2) is 47.0 Å². The lowest BCUT2D eigenvalue weighted by molar-refractivity contribution is -0.120. The Hall–Kier alpha value is -3.06. The van der Waals surface area contributed by atoms with Gasteiger partial charge in [0.1, 0.15) is 5.75 Å². The average molecular weight is 427 g/mol. The van der Waals surface area contributed by atoms with Crippen LogP contribution in [-0.4, -0.2) is 36.2 Å². The number of amides is 1. The van der Waals surface area contributed by atoms with E-state index < -0.39 is 0 Å². The Balaban J connectivity index is 1.37. The minimum atomic E-state index is -0.0987. The summed E-state index contributed by atoms with van der Waals surface area (Å²) in [7, 11) is 1.56. The van der Waals surface area contributed by atoms with Gasteiger partial charge >= 0.3 is 6.01 Å². The van der Waals surface area contributed by atoms with Crippen LogP contribution >= 0.6 is 11.6 Å². The largest absolute Gasteiger partial charge is 0.495 e. The summed E-state index contributed by atoms with van der Waals surface area (Å²) in [5.41, 5.74) is 2.43. The topological polar surface area (TPSA) is 80.5 Å². The van der Waals surface area contributed by atoms with Gasteiger partial charge in [-0.1, -0.05) is 47.1 Å². The van der Waals surface area contributed by atoms with E-state index in [0.717, 1.165) is 11.1 Å². The van der Waals surface area contributed by atoms with Gasteiger partial charge in [0.15, 0.2) is 0 Å². The van der Waals surface area contributed by atoms with Crippen LogP contribution in [0.3, 0.4) is 0 Å². The minimum absolute atomic E-state index is 0.0230. The number of aromatic nitrogens is 2. The summed E-state index contributed by atoms with van der Waals surface area (Å²) in [5.74, 6) is 0.995. The van der Waals surface area contributed by atoms with Crippen LogP contribution in [0.25, 0.3) is 11.4 Å². The first-order chi connectivity index (χ1) is 14.5. The maximum absolute atomic E-state index is 12.8. The van der Waals surface area contributed by atoms with Crippen molar-refractivity contribution in [1.82, 2.24) is 10.1 Å². The molecule has 0 atom stereocenters. The molecule has 4 rings (SSSR count). The summed E-state index contributed by atoms with van der Waals surface area (Å²) in [4.78, 5) is 19.3. The number of benzene rings is 2. The highest BCUT2D eigenvalue weighted by Gasteiger charge is 2.28. The molecule has 1 aliphatic heterocycles. The summed E-state index contributed by atoms with van der Waals surface area (Å²) in [6, 6.07) is 13.7. The van der Waals surface area contributed by atoms with Crippen LogP contribution < -0.4 is 15.0 Å². The number of nitrogens with one attached hydrogen (secondary N) is 1. The minimum Gasteiger partial charge on any atom is -0.495 e. The molecular formula is C22H23ClN4O3. The molecule has 156 valence electrons. The summed E-state index contributed by atoms with van der Waals surface area (Å²) >= 11 is 6.15. The molecule has 0 unspecified atom stereocenters. The molecule has 2 heterocycles. The van der Waals surface area contributed by atoms with Gasteiger partial charge in [-0.15, -0.1) is 0 Å². The Labute approximate surface area is 180 Å². The van der Waals surface area contributed by atoms with Crippen molar-refractivity contribution >= 4 is 29.2 Å². The SMILES string of the molecule is COc1cc(Cl)c(C)cc1NC(=O)C1CCN(c2nc(-c3ccccc3)no2)CC1. The van der Waals surface area contributed by atoms with Crippen molar-refractivity contribution in [3.8, 4) is 17.1 Å². The number of carbonyl (C=O) groups excluding carboxylic acids is 1. The molecule has 1 aliphatic rings. The molecule has 2 aromatic carbocycles. The van der Waals surface area contributed by atoms with Gasteiger partial charge < -0.3 is 19.5 Å². The van der Waals surface area contributed by atoms with Crippen LogP contribution in [0.1, 0.15) is 18.4 Å². The van der Waals surface area contributed by atoms with Gasteiger partial charge in [0, 0.05) is 35.7 Å². The fourth-order valence-corrected chi connectivity index (χ4v) is 3.70. The number of nitrogens with zero attached hydrogens (tertiary/aromatic N) is 3. The number of methoxy groups -OCH3 is 1. The summed E-state index contributed by atoms with van der Waals surface area (Å²) in [6.45, 7) is 3.24. The normalized spacial score (nSPS) is 14.6. The van der Waals surface area contributed by atoms with Crippen LogP contribution in [0.4, 0.5) is 11.7 Å². The zero-order valence-electron chi connectivity index (χ0n) is 16.9. The predicted octanol–water partition coefficient (Wildman–Crippen LogP) is 4.56. The van der Waals surface area contributed by atoms with Crippen molar-refractivity contribution in [2.45, 2.75) is 19.8 Å². The summed E-state index contributed by atoms with van der Waals surface area (Å²) < 4.78 is 10.8. The highest BCUT2D eigenvalue weighted by molar-refractivity contribution is 6.31. The Bertz CT molecular complexity index is 1030. The van der Waals surface area contributed by atoms with E-state index in [0.29, 0.717) is 54.2 Å². The van der Waals surface area contributed by atoms with Crippen molar-refractivity contribution in [3.63, 3.8) is 0 Å². The molecule has 0 bridgehead atoms. The molecule has 1 amide bonds. The molecule has 1 fully saturated rings. The van der Waals surface area contributed by atoms with Crippen LogP contribution in [0.5, 0.6) is 5.75 Å². The zero-order valence-corrected chi connectivity index (χ0v) is 17.6. The van der Waals surface area contributed by atoms with Crippen molar-refractivity contribution in [1.29, 1.82) is 0 Å². The second-order valence-corrected chi connectivity index (χ2v) is 7.73. The van der Waals surface area contributed by atoms with Gasteiger partial charge in [0.2, 0.25) is 11.7 Å². The lowest BCUT2D eigenvalue weighted by atomic mass is 9.96. The molecule has 30 heavy (non-hydrogen) atoms. The molecule has 8 heteroatoms. The number of halogens is 1. The number of rotatable bonds is 5. The standard InChI is InChI=1S/C22H23ClN4O3/c1-14-12-18(19(29-2)13-17(14)23)24-21(28)16-8-10-27(11-9-16)22-25-20(26-30-22)15-6-4-3-5-7-15/h3-7,12-13,16H,8-11H2,1-2H3,(H,24,28). The first-order valence-corrected chi connectivity index (χ1v) is 10.2. The molecule has 7 nitrogen and oxygen atoms in total. The third-order valence-corrected chi connectivity index (χ3v) is 5.73. The molecule has 1 N–H and O–H groups in total. The summed E-state index contributed by atoms with van der Waals surface area (Å²) in [5, 5.41) is 7.67. The van der Waals surface area contributed by atoms with Crippen molar-refractivity contribution in [3.05, 3.63) is 53.1 Å². The van der Waals surface area contributed by atoms with Gasteiger partial charge in [-0.3, -0.25) is 4.79 Å². The average Bonchev–Trinajstić information content (AvgIpc) is 3.27. The van der Waals surface area contributed by atoms with Crippen molar-refractivity contribution in [2.24, 2.45) is 5.92 Å². The Morgan fingerprint density at radius 2 is 1.97 bits per heavy atom.